The molecule has 0 aliphatic heterocycles. The molecule has 2 radical (unpaired) electrons. The highest BCUT2D eigenvalue weighted by atomic mass is 16.3. The molecule has 0 amide bonds. The summed E-state index contributed by atoms with van der Waals surface area (Å²) in [6, 6.07) is 0. The third kappa shape index (κ3) is 3.92. The molecule has 0 aliphatic carbocycles. The van der Waals surface area contributed by atoms with Crippen molar-refractivity contribution in [2.24, 2.45) is 0 Å². The summed E-state index contributed by atoms with van der Waals surface area (Å²) in [5, 5.41) is 17.3. The normalized spacial score (nSPS) is 15.0. The summed E-state index contributed by atoms with van der Waals surface area (Å²) in [6.07, 6.45) is -1.06. The van der Waals surface area contributed by atoms with Crippen molar-refractivity contribution in [3.63, 3.8) is 0 Å². The Hall–Kier alpha value is -0.0800. The van der Waals surface area contributed by atoms with E-state index in [1.54, 1.807) is 0 Å². The average Bonchev–Trinajstić information content (AvgIpc) is 1.38. The molecule has 0 aromatic rings. The van der Waals surface area contributed by atoms with E-state index in [4.69, 9.17) is 5.11 Å². The fraction of sp³-hybridized carbons (Fsp3) is 0.667. The molecule has 0 saturated heterocycles. The maximum atomic E-state index is 9.53. The first-order valence-electron chi connectivity index (χ1n) is 1.37. The van der Waals surface area contributed by atoms with E-state index in [1.165, 1.54) is 0 Å². The van der Waals surface area contributed by atoms with Crippen LogP contribution in [0.25, 0.3) is 0 Å². The van der Waals surface area contributed by atoms with E-state index in [0.29, 0.717) is 0 Å². The second kappa shape index (κ2) is 2.18. The summed E-state index contributed by atoms with van der Waals surface area (Å²) in [4.78, 5) is 0. The predicted molar refractivity (Wildman–Crippen MR) is 16.9 cm³/mol. The van der Waals surface area contributed by atoms with Crippen LogP contribution in [0.3, 0.4) is 0 Å². The van der Waals surface area contributed by atoms with Gasteiger partial charge >= 0.3 is 0 Å². The summed E-state index contributed by atoms with van der Waals surface area (Å²) in [5.74, 6) is 0. The van der Waals surface area contributed by atoms with Gasteiger partial charge in [-0.1, -0.05) is 0 Å². The lowest BCUT2D eigenvalue weighted by Crippen LogP contribution is -2.02. The van der Waals surface area contributed by atoms with Gasteiger partial charge in [-0.05, 0) is 6.92 Å². The molecule has 1 N–H and O–H groups in total. The highest BCUT2D eigenvalue weighted by Crippen LogP contribution is 1.69. The molecule has 2 nitrogen and oxygen atoms in total. The van der Waals surface area contributed by atoms with Crippen LogP contribution >= 0.6 is 0 Å². The topological polar surface area (TPSA) is 40.1 Å². The van der Waals surface area contributed by atoms with Crippen LogP contribution in [0.15, 0.2) is 0 Å². The second-order valence-electron chi connectivity index (χ2n) is 0.805. The van der Waals surface area contributed by atoms with Gasteiger partial charge in [0, 0.05) is 0 Å². The molecular formula is C3H6O2. The molecule has 5 heavy (non-hydrogen) atoms. The van der Waals surface area contributed by atoms with E-state index in [0.717, 1.165) is 0 Å². The molecular weight excluding hydrogens is 68.0 g/mol. The predicted octanol–water partition coefficient (Wildman–Crippen LogP) is -0.388. The number of hydrogen-bond donors (Lipinski definition) is 1. The molecule has 0 heterocycles. The minimum atomic E-state index is -1.06. The molecule has 0 saturated carbocycles. The van der Waals surface area contributed by atoms with Crippen molar-refractivity contribution in [1.29, 1.82) is 0 Å². The van der Waals surface area contributed by atoms with Crippen LogP contribution in [0.5, 0.6) is 0 Å². The van der Waals surface area contributed by atoms with Gasteiger partial charge in [0.05, 0.1) is 6.61 Å². The van der Waals surface area contributed by atoms with Crippen LogP contribution in [-0.4, -0.2) is 17.8 Å². The second-order valence-corrected chi connectivity index (χ2v) is 0.805. The molecule has 0 fully saturated rings. The van der Waals surface area contributed by atoms with Gasteiger partial charge in [0.1, 0.15) is 6.10 Å². The van der Waals surface area contributed by atoms with Crippen molar-refractivity contribution in [3.05, 3.63) is 6.92 Å². The van der Waals surface area contributed by atoms with Gasteiger partial charge in [0.2, 0.25) is 0 Å². The largest absolute Gasteiger partial charge is 0.394 e. The van der Waals surface area contributed by atoms with Crippen LogP contribution in [-0.2, 0) is 5.11 Å². The highest BCUT2D eigenvalue weighted by Gasteiger charge is 1.87. The Morgan fingerprint density at radius 3 is 2.20 bits per heavy atom. The third-order valence-corrected chi connectivity index (χ3v) is 0.204. The standard InChI is InChI=1S/C3H6O2/c1-3(5)2-4/h3-4H,1-2H2. The number of rotatable bonds is 1. The molecule has 0 aromatic heterocycles. The smallest absolute Gasteiger partial charge is 0.116 e. The van der Waals surface area contributed by atoms with E-state index in [9.17, 15) is 5.11 Å². The first kappa shape index (κ1) is 4.92. The molecule has 0 aliphatic rings. The SMILES string of the molecule is [CH2]C([O])CO. The minimum absolute atomic E-state index is 0.361. The van der Waals surface area contributed by atoms with Gasteiger partial charge < -0.3 is 5.11 Å². The minimum Gasteiger partial charge on any atom is -0.394 e. The van der Waals surface area contributed by atoms with E-state index >= 15 is 0 Å². The zero-order valence-corrected chi connectivity index (χ0v) is 2.85. The Kier molecular flexibility index (Phi) is 2.14. The molecule has 2 heteroatoms. The van der Waals surface area contributed by atoms with Crippen molar-refractivity contribution in [1.82, 2.24) is 0 Å². The lowest BCUT2D eigenvalue weighted by Gasteiger charge is -1.85. The van der Waals surface area contributed by atoms with Gasteiger partial charge in [-0.15, -0.1) is 0 Å². The van der Waals surface area contributed by atoms with Crippen LogP contribution in [0, 0.1) is 6.92 Å². The van der Waals surface area contributed by atoms with E-state index in [-0.39, 0.29) is 6.61 Å². The monoisotopic (exact) mass is 74.0 g/mol. The van der Waals surface area contributed by atoms with E-state index in [2.05, 4.69) is 6.92 Å². The molecule has 0 bridgehead atoms. The fourth-order valence-electron chi connectivity index (χ4n) is 0. The van der Waals surface area contributed by atoms with Gasteiger partial charge in [0.15, 0.2) is 0 Å². The molecule has 30 valence electrons. The lowest BCUT2D eigenvalue weighted by molar-refractivity contribution is 0.0678. The maximum Gasteiger partial charge on any atom is 0.116 e. The third-order valence-electron chi connectivity index (χ3n) is 0.204. The maximum absolute atomic E-state index is 9.53. The zero-order valence-electron chi connectivity index (χ0n) is 2.85. The van der Waals surface area contributed by atoms with Crippen molar-refractivity contribution < 1.29 is 10.2 Å². The lowest BCUT2D eigenvalue weighted by atomic mass is 10.5. The molecule has 0 spiro atoms. The Balaban J connectivity index is 2.54. The number of hydrogen-bond acceptors (Lipinski definition) is 1. The molecule has 0 aromatic carbocycles. The highest BCUT2D eigenvalue weighted by molar-refractivity contribution is 4.49. The van der Waals surface area contributed by atoms with Crippen molar-refractivity contribution in [3.8, 4) is 0 Å². The number of aliphatic hydroxyl groups is 1. The van der Waals surface area contributed by atoms with Crippen LogP contribution < -0.4 is 0 Å². The van der Waals surface area contributed by atoms with Gasteiger partial charge in [-0.25, -0.2) is 5.11 Å². The first-order valence-corrected chi connectivity index (χ1v) is 1.37. The van der Waals surface area contributed by atoms with Gasteiger partial charge in [-0.2, -0.15) is 0 Å². The van der Waals surface area contributed by atoms with Crippen LogP contribution in [0.2, 0.25) is 0 Å². The Morgan fingerprint density at radius 2 is 2.20 bits per heavy atom. The van der Waals surface area contributed by atoms with Crippen LogP contribution in [0.4, 0.5) is 0 Å². The number of aliphatic hydroxyl groups excluding tert-OH is 1. The van der Waals surface area contributed by atoms with Gasteiger partial charge in [0.25, 0.3) is 0 Å². The van der Waals surface area contributed by atoms with E-state index in [1.807, 2.05) is 0 Å². The summed E-state index contributed by atoms with van der Waals surface area (Å²) in [5.41, 5.74) is 0. The van der Waals surface area contributed by atoms with Gasteiger partial charge in [-0.3, -0.25) is 0 Å². The summed E-state index contributed by atoms with van der Waals surface area (Å²) >= 11 is 0. The van der Waals surface area contributed by atoms with Crippen molar-refractivity contribution in [2.45, 2.75) is 6.10 Å². The average molecular weight is 74.1 g/mol. The molecule has 1 atom stereocenters. The van der Waals surface area contributed by atoms with Crippen molar-refractivity contribution >= 4 is 0 Å². The Morgan fingerprint density at radius 1 is 2.00 bits per heavy atom. The van der Waals surface area contributed by atoms with E-state index < -0.39 is 6.10 Å². The van der Waals surface area contributed by atoms with Crippen molar-refractivity contribution in [2.75, 3.05) is 6.61 Å². The zero-order chi connectivity index (χ0) is 4.28. The first-order chi connectivity index (χ1) is 2.27. The summed E-state index contributed by atoms with van der Waals surface area (Å²) in [7, 11) is 0. The van der Waals surface area contributed by atoms with Crippen LogP contribution in [0.1, 0.15) is 0 Å². The summed E-state index contributed by atoms with van der Waals surface area (Å²) in [6.45, 7) is 2.59. The Labute approximate surface area is 31.1 Å². The fourth-order valence-corrected chi connectivity index (χ4v) is 0. The Bertz CT molecular complexity index is 18.9. The quantitative estimate of drug-likeness (QED) is 0.452. The summed E-state index contributed by atoms with van der Waals surface area (Å²) < 4.78 is 0. The molecule has 0 rings (SSSR count). The molecule has 1 unspecified atom stereocenters.